The first kappa shape index (κ1) is 11.6. The lowest BCUT2D eigenvalue weighted by molar-refractivity contribution is 0.101. The molecule has 1 aromatic rings. The summed E-state index contributed by atoms with van der Waals surface area (Å²) in [5.74, 6) is 0.651. The monoisotopic (exact) mass is 233 g/mol. The molecule has 1 aliphatic rings. The maximum absolute atomic E-state index is 11.2. The molecule has 90 valence electrons. The number of rotatable bonds is 2. The van der Waals surface area contributed by atoms with E-state index in [9.17, 15) is 9.90 Å². The van der Waals surface area contributed by atoms with Gasteiger partial charge in [0.25, 0.3) is 0 Å². The van der Waals surface area contributed by atoms with Crippen LogP contribution in [0.1, 0.15) is 17.3 Å². The van der Waals surface area contributed by atoms with Gasteiger partial charge in [-0.1, -0.05) is 12.1 Å². The minimum absolute atomic E-state index is 0.0302. The standard InChI is InChI=1S/C12H15N3O2/c1-8(16)9-3-2-4-10(5-9)15-12-13-6-11(17)7-14-12/h2-5,11,17H,6-7H2,1H3,(H2,13,14,15). The lowest BCUT2D eigenvalue weighted by Gasteiger charge is -2.20. The number of benzene rings is 1. The predicted molar refractivity (Wildman–Crippen MR) is 66.4 cm³/mol. The number of carbonyl (C=O) groups is 1. The number of anilines is 1. The van der Waals surface area contributed by atoms with Gasteiger partial charge in [-0.05, 0) is 19.1 Å². The molecule has 0 saturated heterocycles. The van der Waals surface area contributed by atoms with Gasteiger partial charge in [0, 0.05) is 17.8 Å². The van der Waals surface area contributed by atoms with Crippen molar-refractivity contribution in [3.63, 3.8) is 0 Å². The average molecular weight is 233 g/mol. The van der Waals surface area contributed by atoms with Crippen LogP contribution >= 0.6 is 0 Å². The van der Waals surface area contributed by atoms with Crippen molar-refractivity contribution in [1.82, 2.24) is 5.32 Å². The van der Waals surface area contributed by atoms with Gasteiger partial charge in [0.15, 0.2) is 11.7 Å². The van der Waals surface area contributed by atoms with Crippen molar-refractivity contribution in [1.29, 1.82) is 0 Å². The molecule has 1 aromatic carbocycles. The molecule has 3 N–H and O–H groups in total. The molecule has 0 saturated carbocycles. The van der Waals surface area contributed by atoms with Crippen LogP contribution in [0.15, 0.2) is 29.3 Å². The zero-order valence-corrected chi connectivity index (χ0v) is 9.60. The van der Waals surface area contributed by atoms with Gasteiger partial charge in [-0.3, -0.25) is 9.79 Å². The van der Waals surface area contributed by atoms with E-state index in [1.54, 1.807) is 12.1 Å². The van der Waals surface area contributed by atoms with Gasteiger partial charge in [-0.2, -0.15) is 0 Å². The van der Waals surface area contributed by atoms with E-state index in [-0.39, 0.29) is 5.78 Å². The number of Topliss-reactive ketones (excluding diaryl/α,β-unsaturated/α-hetero) is 1. The molecule has 0 aromatic heterocycles. The van der Waals surface area contributed by atoms with Crippen LogP contribution in [-0.2, 0) is 0 Å². The van der Waals surface area contributed by atoms with Crippen LogP contribution in [-0.4, -0.2) is 36.0 Å². The highest BCUT2D eigenvalue weighted by Gasteiger charge is 2.11. The normalized spacial score (nSPS) is 19.2. The van der Waals surface area contributed by atoms with Crippen molar-refractivity contribution in [2.45, 2.75) is 13.0 Å². The zero-order valence-electron chi connectivity index (χ0n) is 9.60. The third kappa shape index (κ3) is 3.04. The van der Waals surface area contributed by atoms with E-state index in [4.69, 9.17) is 0 Å². The SMILES string of the molecule is CC(=O)c1cccc(NC2=NCC(O)CN2)c1. The fraction of sp³-hybridized carbons (Fsp3) is 0.333. The molecule has 0 spiro atoms. The fourth-order valence-electron chi connectivity index (χ4n) is 1.57. The number of aliphatic hydroxyl groups is 1. The summed E-state index contributed by atoms with van der Waals surface area (Å²) in [5, 5.41) is 15.3. The third-order valence-corrected chi connectivity index (χ3v) is 2.50. The number of hydrogen-bond acceptors (Lipinski definition) is 5. The van der Waals surface area contributed by atoms with Gasteiger partial charge < -0.3 is 15.7 Å². The molecule has 0 bridgehead atoms. The molecule has 0 aliphatic carbocycles. The Morgan fingerprint density at radius 3 is 3.06 bits per heavy atom. The number of β-amino-alcohol motifs (C(OH)–C–C–N with tert-alkyl or cyclic N) is 1. The summed E-state index contributed by atoms with van der Waals surface area (Å²) < 4.78 is 0. The largest absolute Gasteiger partial charge is 0.389 e. The number of guanidine groups is 1. The number of aliphatic imine (C=N–C) groups is 1. The van der Waals surface area contributed by atoms with Crippen LogP contribution in [0.5, 0.6) is 0 Å². The topological polar surface area (TPSA) is 73.7 Å². The summed E-state index contributed by atoms with van der Waals surface area (Å²) in [7, 11) is 0. The molecule has 0 amide bonds. The molecule has 5 heteroatoms. The Labute approximate surface area is 99.6 Å². The molecule has 17 heavy (non-hydrogen) atoms. The van der Waals surface area contributed by atoms with Gasteiger partial charge in [0.1, 0.15) is 0 Å². The maximum Gasteiger partial charge on any atom is 0.195 e. The Kier molecular flexibility index (Phi) is 3.39. The highest BCUT2D eigenvalue weighted by Crippen LogP contribution is 2.11. The second-order valence-electron chi connectivity index (χ2n) is 3.99. The van der Waals surface area contributed by atoms with Crippen molar-refractivity contribution in [2.75, 3.05) is 18.4 Å². The Morgan fingerprint density at radius 2 is 2.41 bits per heavy atom. The van der Waals surface area contributed by atoms with Crippen molar-refractivity contribution >= 4 is 17.4 Å². The van der Waals surface area contributed by atoms with Gasteiger partial charge in [0.2, 0.25) is 0 Å². The first-order valence-electron chi connectivity index (χ1n) is 5.49. The Hall–Kier alpha value is -1.88. The molecular weight excluding hydrogens is 218 g/mol. The lowest BCUT2D eigenvalue weighted by atomic mass is 10.1. The van der Waals surface area contributed by atoms with Crippen LogP contribution in [0.2, 0.25) is 0 Å². The molecule has 5 nitrogen and oxygen atoms in total. The molecule has 0 fully saturated rings. The molecule has 0 radical (unpaired) electrons. The van der Waals surface area contributed by atoms with Crippen molar-refractivity contribution in [2.24, 2.45) is 4.99 Å². The van der Waals surface area contributed by atoms with E-state index >= 15 is 0 Å². The second-order valence-corrected chi connectivity index (χ2v) is 3.99. The van der Waals surface area contributed by atoms with E-state index in [0.717, 1.165) is 5.69 Å². The van der Waals surface area contributed by atoms with Gasteiger partial charge in [0.05, 0.1) is 12.6 Å². The average Bonchev–Trinajstić information content (AvgIpc) is 2.32. The van der Waals surface area contributed by atoms with Crippen molar-refractivity contribution < 1.29 is 9.90 Å². The number of nitrogens with one attached hydrogen (secondary N) is 2. The van der Waals surface area contributed by atoms with Gasteiger partial charge in [-0.25, -0.2) is 0 Å². The highest BCUT2D eigenvalue weighted by atomic mass is 16.3. The van der Waals surface area contributed by atoms with E-state index in [1.165, 1.54) is 6.92 Å². The van der Waals surface area contributed by atoms with E-state index in [2.05, 4.69) is 15.6 Å². The van der Waals surface area contributed by atoms with Crippen LogP contribution in [0, 0.1) is 0 Å². The molecule has 1 heterocycles. The van der Waals surface area contributed by atoms with Crippen LogP contribution in [0.4, 0.5) is 5.69 Å². The maximum atomic E-state index is 11.2. The zero-order chi connectivity index (χ0) is 12.3. The quantitative estimate of drug-likeness (QED) is 0.655. The van der Waals surface area contributed by atoms with Crippen LogP contribution in [0.25, 0.3) is 0 Å². The smallest absolute Gasteiger partial charge is 0.195 e. The molecule has 1 unspecified atom stereocenters. The predicted octanol–water partition coefficient (Wildman–Crippen LogP) is 0.621. The van der Waals surface area contributed by atoms with Crippen molar-refractivity contribution in [3.05, 3.63) is 29.8 Å². The number of carbonyl (C=O) groups excluding carboxylic acids is 1. The highest BCUT2D eigenvalue weighted by molar-refractivity contribution is 5.98. The Morgan fingerprint density at radius 1 is 1.59 bits per heavy atom. The molecular formula is C12H15N3O2. The summed E-state index contributed by atoms with van der Waals surface area (Å²) in [6.45, 7) is 2.41. The molecule has 2 rings (SSSR count). The minimum Gasteiger partial charge on any atom is -0.389 e. The van der Waals surface area contributed by atoms with Crippen molar-refractivity contribution in [3.8, 4) is 0 Å². The first-order valence-corrected chi connectivity index (χ1v) is 5.49. The van der Waals surface area contributed by atoms with E-state index in [1.807, 2.05) is 12.1 Å². The first-order chi connectivity index (χ1) is 8.15. The second kappa shape index (κ2) is 4.97. The summed E-state index contributed by atoms with van der Waals surface area (Å²) in [6, 6.07) is 7.23. The number of hydrogen-bond donors (Lipinski definition) is 3. The van der Waals surface area contributed by atoms with Gasteiger partial charge in [-0.15, -0.1) is 0 Å². The number of ketones is 1. The summed E-state index contributed by atoms with van der Waals surface area (Å²) in [6.07, 6.45) is -0.427. The summed E-state index contributed by atoms with van der Waals surface area (Å²) in [5.41, 5.74) is 1.46. The van der Waals surface area contributed by atoms with E-state index < -0.39 is 6.10 Å². The number of aliphatic hydroxyl groups excluding tert-OH is 1. The summed E-state index contributed by atoms with van der Waals surface area (Å²) in [4.78, 5) is 15.4. The van der Waals surface area contributed by atoms with E-state index in [0.29, 0.717) is 24.6 Å². The lowest BCUT2D eigenvalue weighted by Crippen LogP contribution is -2.42. The summed E-state index contributed by atoms with van der Waals surface area (Å²) >= 11 is 0. The molecule has 1 aliphatic heterocycles. The van der Waals surface area contributed by atoms with Crippen LogP contribution < -0.4 is 10.6 Å². The number of nitrogens with zero attached hydrogens (tertiary/aromatic N) is 1. The third-order valence-electron chi connectivity index (χ3n) is 2.50. The van der Waals surface area contributed by atoms with Gasteiger partial charge >= 0.3 is 0 Å². The Bertz CT molecular complexity index is 457. The Balaban J connectivity index is 2.08. The minimum atomic E-state index is -0.427. The molecule has 1 atom stereocenters. The van der Waals surface area contributed by atoms with Crippen LogP contribution in [0.3, 0.4) is 0 Å². The fourth-order valence-corrected chi connectivity index (χ4v) is 1.57.